The molecule has 16 heavy (non-hydrogen) atoms. The highest BCUT2D eigenvalue weighted by molar-refractivity contribution is 6.00. The summed E-state index contributed by atoms with van der Waals surface area (Å²) in [5, 5.41) is 0. The molecule has 1 atom stereocenters. The van der Waals surface area contributed by atoms with Gasteiger partial charge in [0.1, 0.15) is 17.6 Å². The Balaban J connectivity index is 2.34. The summed E-state index contributed by atoms with van der Waals surface area (Å²) < 4.78 is 10.4. The third kappa shape index (κ3) is 2.05. The fraction of sp³-hybridized carbons (Fsp3) is 0.333. The Morgan fingerprint density at radius 2 is 2.25 bits per heavy atom. The van der Waals surface area contributed by atoms with Gasteiger partial charge in [-0.3, -0.25) is 9.59 Å². The first kappa shape index (κ1) is 10.7. The molecular formula is C12H12O4. The lowest BCUT2D eigenvalue weighted by molar-refractivity contribution is -0.131. The number of hydrogen-bond donors (Lipinski definition) is 0. The average molecular weight is 220 g/mol. The molecule has 1 aliphatic rings. The van der Waals surface area contributed by atoms with Gasteiger partial charge >= 0.3 is 5.97 Å². The lowest BCUT2D eigenvalue weighted by Gasteiger charge is -2.22. The topological polar surface area (TPSA) is 52.6 Å². The van der Waals surface area contributed by atoms with Crippen LogP contribution in [-0.2, 0) is 4.79 Å². The van der Waals surface area contributed by atoms with E-state index in [-0.39, 0.29) is 11.9 Å². The van der Waals surface area contributed by atoms with Crippen molar-refractivity contribution >= 4 is 11.8 Å². The molecule has 84 valence electrons. The van der Waals surface area contributed by atoms with Crippen LogP contribution in [-0.4, -0.2) is 17.9 Å². The first-order valence-electron chi connectivity index (χ1n) is 5.08. The molecule has 0 saturated heterocycles. The van der Waals surface area contributed by atoms with Gasteiger partial charge in [0.2, 0.25) is 0 Å². The van der Waals surface area contributed by atoms with E-state index in [1.807, 2.05) is 6.92 Å². The molecule has 1 aliphatic heterocycles. The van der Waals surface area contributed by atoms with Gasteiger partial charge in [0.25, 0.3) is 0 Å². The summed E-state index contributed by atoms with van der Waals surface area (Å²) in [6.45, 7) is 3.17. The summed E-state index contributed by atoms with van der Waals surface area (Å²) in [6.07, 6.45) is 0.260. The standard InChI is InChI=1S/C12H12O4/c1-7-5-11(14)10-6-9(16-8(2)13)3-4-12(10)15-7/h3-4,6-7H,5H2,1-2H3. The third-order valence-electron chi connectivity index (χ3n) is 2.31. The maximum atomic E-state index is 11.7. The number of esters is 1. The van der Waals surface area contributed by atoms with Crippen molar-refractivity contribution in [3.63, 3.8) is 0 Å². The Morgan fingerprint density at radius 3 is 2.94 bits per heavy atom. The molecule has 1 aromatic rings. The first-order valence-corrected chi connectivity index (χ1v) is 5.08. The zero-order valence-electron chi connectivity index (χ0n) is 9.15. The number of ether oxygens (including phenoxy) is 2. The monoisotopic (exact) mass is 220 g/mol. The van der Waals surface area contributed by atoms with Crippen molar-refractivity contribution in [2.24, 2.45) is 0 Å². The Labute approximate surface area is 93.2 Å². The number of hydrogen-bond acceptors (Lipinski definition) is 4. The molecule has 0 N–H and O–H groups in total. The van der Waals surface area contributed by atoms with Crippen LogP contribution in [0.15, 0.2) is 18.2 Å². The summed E-state index contributed by atoms with van der Waals surface area (Å²) in [7, 11) is 0. The molecule has 0 aliphatic carbocycles. The molecule has 1 heterocycles. The molecule has 2 rings (SSSR count). The number of carbonyl (C=O) groups is 2. The molecule has 1 unspecified atom stereocenters. The van der Waals surface area contributed by atoms with Crippen molar-refractivity contribution in [3.05, 3.63) is 23.8 Å². The molecule has 0 aromatic heterocycles. The van der Waals surface area contributed by atoms with Crippen LogP contribution in [0.1, 0.15) is 30.6 Å². The highest BCUT2D eigenvalue weighted by Crippen LogP contribution is 2.30. The molecule has 0 bridgehead atoms. The Morgan fingerprint density at radius 1 is 1.50 bits per heavy atom. The molecule has 0 saturated carbocycles. The summed E-state index contributed by atoms with van der Waals surface area (Å²) >= 11 is 0. The maximum Gasteiger partial charge on any atom is 0.308 e. The zero-order chi connectivity index (χ0) is 11.7. The number of fused-ring (bicyclic) bond motifs is 1. The van der Waals surface area contributed by atoms with E-state index in [0.29, 0.717) is 23.5 Å². The summed E-state index contributed by atoms with van der Waals surface area (Å²) in [4.78, 5) is 22.5. The van der Waals surface area contributed by atoms with E-state index >= 15 is 0 Å². The lowest BCUT2D eigenvalue weighted by atomic mass is 10.0. The van der Waals surface area contributed by atoms with E-state index in [2.05, 4.69) is 0 Å². The van der Waals surface area contributed by atoms with E-state index in [0.717, 1.165) is 0 Å². The molecule has 0 spiro atoms. The van der Waals surface area contributed by atoms with Crippen LogP contribution in [0.4, 0.5) is 0 Å². The van der Waals surface area contributed by atoms with Gasteiger partial charge in [-0.25, -0.2) is 0 Å². The SMILES string of the molecule is CC(=O)Oc1ccc2c(c1)C(=O)CC(C)O2. The average Bonchev–Trinajstić information content (AvgIpc) is 2.18. The van der Waals surface area contributed by atoms with Gasteiger partial charge < -0.3 is 9.47 Å². The second kappa shape index (κ2) is 3.96. The van der Waals surface area contributed by atoms with Gasteiger partial charge in [-0.05, 0) is 25.1 Å². The van der Waals surface area contributed by atoms with Crippen LogP contribution in [0.5, 0.6) is 11.5 Å². The molecule has 4 heteroatoms. The van der Waals surface area contributed by atoms with Crippen molar-refractivity contribution in [2.45, 2.75) is 26.4 Å². The lowest BCUT2D eigenvalue weighted by Crippen LogP contribution is -2.23. The Hall–Kier alpha value is -1.84. The Kier molecular flexibility index (Phi) is 2.64. The summed E-state index contributed by atoms with van der Waals surface area (Å²) in [5.41, 5.74) is 0.483. The zero-order valence-corrected chi connectivity index (χ0v) is 9.15. The van der Waals surface area contributed by atoms with Crippen LogP contribution in [0, 0.1) is 0 Å². The van der Waals surface area contributed by atoms with Gasteiger partial charge in [-0.2, -0.15) is 0 Å². The molecular weight excluding hydrogens is 208 g/mol. The van der Waals surface area contributed by atoms with Crippen molar-refractivity contribution in [1.82, 2.24) is 0 Å². The predicted octanol–water partition coefficient (Wildman–Crippen LogP) is 1.97. The number of benzene rings is 1. The van der Waals surface area contributed by atoms with Gasteiger partial charge in [-0.15, -0.1) is 0 Å². The molecule has 0 radical (unpaired) electrons. The van der Waals surface area contributed by atoms with E-state index < -0.39 is 5.97 Å². The first-order chi connectivity index (χ1) is 7.56. The minimum absolute atomic E-state index is 0.0164. The summed E-state index contributed by atoms with van der Waals surface area (Å²) in [6, 6.07) is 4.82. The second-order valence-corrected chi connectivity index (χ2v) is 3.81. The van der Waals surface area contributed by atoms with Crippen molar-refractivity contribution in [1.29, 1.82) is 0 Å². The number of carbonyl (C=O) groups excluding carboxylic acids is 2. The van der Waals surface area contributed by atoms with Crippen LogP contribution < -0.4 is 9.47 Å². The van der Waals surface area contributed by atoms with Gasteiger partial charge in [0.15, 0.2) is 5.78 Å². The smallest absolute Gasteiger partial charge is 0.308 e. The van der Waals surface area contributed by atoms with E-state index in [9.17, 15) is 9.59 Å². The number of rotatable bonds is 1. The van der Waals surface area contributed by atoms with Crippen LogP contribution in [0.3, 0.4) is 0 Å². The van der Waals surface area contributed by atoms with E-state index in [1.165, 1.54) is 6.92 Å². The van der Waals surface area contributed by atoms with Crippen LogP contribution in [0.2, 0.25) is 0 Å². The van der Waals surface area contributed by atoms with E-state index in [1.54, 1.807) is 18.2 Å². The second-order valence-electron chi connectivity index (χ2n) is 3.81. The molecule has 0 fully saturated rings. The van der Waals surface area contributed by atoms with Crippen LogP contribution in [0.25, 0.3) is 0 Å². The van der Waals surface area contributed by atoms with Gasteiger partial charge in [0, 0.05) is 13.3 Å². The highest BCUT2D eigenvalue weighted by atomic mass is 16.5. The largest absolute Gasteiger partial charge is 0.489 e. The number of ketones is 1. The van der Waals surface area contributed by atoms with Crippen molar-refractivity contribution < 1.29 is 19.1 Å². The van der Waals surface area contributed by atoms with Crippen LogP contribution >= 0.6 is 0 Å². The third-order valence-corrected chi connectivity index (χ3v) is 2.31. The normalized spacial score (nSPS) is 18.6. The fourth-order valence-corrected chi connectivity index (χ4v) is 1.69. The highest BCUT2D eigenvalue weighted by Gasteiger charge is 2.24. The minimum atomic E-state index is -0.405. The molecule has 4 nitrogen and oxygen atoms in total. The minimum Gasteiger partial charge on any atom is -0.489 e. The quantitative estimate of drug-likeness (QED) is 0.536. The number of Topliss-reactive ketones (excluding diaryl/α,β-unsaturated/α-hetero) is 1. The maximum absolute atomic E-state index is 11.7. The summed E-state index contributed by atoms with van der Waals surface area (Å²) in [5.74, 6) is 0.539. The van der Waals surface area contributed by atoms with Gasteiger partial charge in [-0.1, -0.05) is 0 Å². The van der Waals surface area contributed by atoms with E-state index in [4.69, 9.17) is 9.47 Å². The Bertz CT molecular complexity index is 450. The fourth-order valence-electron chi connectivity index (χ4n) is 1.69. The predicted molar refractivity (Wildman–Crippen MR) is 56.8 cm³/mol. The van der Waals surface area contributed by atoms with Gasteiger partial charge in [0.05, 0.1) is 5.56 Å². The molecule has 0 amide bonds. The van der Waals surface area contributed by atoms with Crippen molar-refractivity contribution in [2.75, 3.05) is 0 Å². The van der Waals surface area contributed by atoms with Crippen molar-refractivity contribution in [3.8, 4) is 11.5 Å². The molecule has 1 aromatic carbocycles.